The Morgan fingerprint density at radius 2 is 1.33 bits per heavy atom. The second-order valence-corrected chi connectivity index (χ2v) is 6.24. The molecule has 0 aliphatic carbocycles. The fraction of sp³-hybridized carbons (Fsp3) is 0.200. The fourth-order valence-corrected chi connectivity index (χ4v) is 3.12. The average Bonchev–Trinajstić information content (AvgIpc) is 2.42. The maximum atomic E-state index is 5.78. The summed E-state index contributed by atoms with van der Waals surface area (Å²) >= 11 is 9.41. The Labute approximate surface area is 122 Å². The molecule has 0 heterocycles. The molecule has 0 saturated carbocycles. The highest BCUT2D eigenvalue weighted by molar-refractivity contribution is 7.99. The lowest BCUT2D eigenvalue weighted by Crippen LogP contribution is -1.80. The molecule has 0 saturated heterocycles. The first kappa shape index (κ1) is 13.9. The lowest BCUT2D eigenvalue weighted by molar-refractivity contribution is 1.32. The van der Waals surface area contributed by atoms with E-state index in [1.165, 1.54) is 15.4 Å². The van der Waals surface area contributed by atoms with Gasteiger partial charge in [0.2, 0.25) is 0 Å². The lowest BCUT2D eigenvalue weighted by Gasteiger charge is -2.04. The predicted octanol–water partition coefficient (Wildman–Crippen LogP) is 5.44. The van der Waals surface area contributed by atoms with Gasteiger partial charge < -0.3 is 0 Å². The van der Waals surface area contributed by atoms with Gasteiger partial charge in [0.1, 0.15) is 0 Å². The number of alkyl halides is 1. The van der Waals surface area contributed by atoms with Crippen molar-refractivity contribution >= 4 is 35.1 Å². The Morgan fingerprint density at radius 1 is 0.833 bits per heavy atom. The highest BCUT2D eigenvalue weighted by Gasteiger charge is 1.98. The van der Waals surface area contributed by atoms with Gasteiger partial charge in [-0.1, -0.05) is 36.0 Å². The first-order chi connectivity index (χ1) is 8.81. The average molecular weight is 295 g/mol. The van der Waals surface area contributed by atoms with Crippen molar-refractivity contribution < 1.29 is 0 Å². The summed E-state index contributed by atoms with van der Waals surface area (Å²) in [5, 5.41) is 0. The second kappa shape index (κ2) is 7.13. The van der Waals surface area contributed by atoms with Gasteiger partial charge in [0, 0.05) is 21.4 Å². The van der Waals surface area contributed by atoms with Gasteiger partial charge in [-0.25, -0.2) is 0 Å². The van der Waals surface area contributed by atoms with E-state index in [1.54, 1.807) is 11.8 Å². The van der Waals surface area contributed by atoms with Crippen LogP contribution >= 0.6 is 35.1 Å². The van der Waals surface area contributed by atoms with Crippen molar-refractivity contribution in [2.24, 2.45) is 0 Å². The van der Waals surface area contributed by atoms with E-state index >= 15 is 0 Å². The summed E-state index contributed by atoms with van der Waals surface area (Å²) in [6.07, 6.45) is 2.13. The van der Waals surface area contributed by atoms with E-state index in [0.29, 0.717) is 5.88 Å². The summed E-state index contributed by atoms with van der Waals surface area (Å²) < 4.78 is 0. The molecule has 0 unspecified atom stereocenters. The van der Waals surface area contributed by atoms with Crippen LogP contribution < -0.4 is 0 Å². The van der Waals surface area contributed by atoms with Gasteiger partial charge in [-0.05, 0) is 41.6 Å². The number of halogens is 1. The van der Waals surface area contributed by atoms with Crippen LogP contribution in [0.2, 0.25) is 0 Å². The van der Waals surface area contributed by atoms with E-state index < -0.39 is 0 Å². The summed E-state index contributed by atoms with van der Waals surface area (Å²) in [4.78, 5) is 2.53. The van der Waals surface area contributed by atoms with Crippen LogP contribution in [0.25, 0.3) is 0 Å². The molecule has 0 bridgehead atoms. The second-order valence-electron chi connectivity index (χ2n) is 3.96. The van der Waals surface area contributed by atoms with E-state index in [0.717, 1.165) is 11.3 Å². The zero-order valence-corrected chi connectivity index (χ0v) is 12.6. The van der Waals surface area contributed by atoms with Gasteiger partial charge in [0.25, 0.3) is 0 Å². The van der Waals surface area contributed by atoms with Crippen LogP contribution in [0.1, 0.15) is 11.1 Å². The van der Waals surface area contributed by atoms with Crippen molar-refractivity contribution in [3.8, 4) is 0 Å². The van der Waals surface area contributed by atoms with Gasteiger partial charge in [-0.2, -0.15) is 11.8 Å². The lowest BCUT2D eigenvalue weighted by atomic mass is 10.2. The van der Waals surface area contributed by atoms with Crippen LogP contribution in [0, 0.1) is 0 Å². The zero-order chi connectivity index (χ0) is 12.8. The Morgan fingerprint density at radius 3 is 1.78 bits per heavy atom. The van der Waals surface area contributed by atoms with E-state index in [4.69, 9.17) is 11.6 Å². The molecule has 94 valence electrons. The number of hydrogen-bond acceptors (Lipinski definition) is 2. The van der Waals surface area contributed by atoms with E-state index in [2.05, 4.69) is 54.8 Å². The summed E-state index contributed by atoms with van der Waals surface area (Å²) in [5.41, 5.74) is 2.54. The molecule has 0 aliphatic heterocycles. The van der Waals surface area contributed by atoms with Gasteiger partial charge in [0.15, 0.2) is 0 Å². The molecule has 3 heteroatoms. The third-order valence-electron chi connectivity index (χ3n) is 2.55. The van der Waals surface area contributed by atoms with Crippen molar-refractivity contribution in [2.75, 3.05) is 6.26 Å². The van der Waals surface area contributed by atoms with Crippen LogP contribution in [0.5, 0.6) is 0 Å². The van der Waals surface area contributed by atoms with Crippen molar-refractivity contribution in [3.63, 3.8) is 0 Å². The SMILES string of the molecule is CSCc1ccc(Sc2ccc(CCl)cc2)cc1. The normalized spacial score (nSPS) is 10.6. The Bertz CT molecular complexity index is 477. The number of rotatable bonds is 5. The van der Waals surface area contributed by atoms with Crippen molar-refractivity contribution in [1.82, 2.24) is 0 Å². The van der Waals surface area contributed by atoms with Crippen molar-refractivity contribution in [3.05, 3.63) is 59.7 Å². The van der Waals surface area contributed by atoms with Crippen LogP contribution in [-0.4, -0.2) is 6.26 Å². The molecule has 0 fully saturated rings. The molecule has 0 aliphatic rings. The van der Waals surface area contributed by atoms with Crippen LogP contribution in [0.4, 0.5) is 0 Å². The number of hydrogen-bond donors (Lipinski definition) is 0. The minimum Gasteiger partial charge on any atom is -0.161 e. The first-order valence-electron chi connectivity index (χ1n) is 5.72. The van der Waals surface area contributed by atoms with Gasteiger partial charge in [-0.3, -0.25) is 0 Å². The maximum absolute atomic E-state index is 5.78. The van der Waals surface area contributed by atoms with Gasteiger partial charge in [0.05, 0.1) is 0 Å². The molecule has 18 heavy (non-hydrogen) atoms. The van der Waals surface area contributed by atoms with E-state index in [-0.39, 0.29) is 0 Å². The summed E-state index contributed by atoms with van der Waals surface area (Å²) in [6.45, 7) is 0. The predicted molar refractivity (Wildman–Crippen MR) is 83.8 cm³/mol. The Balaban J connectivity index is 2.03. The molecule has 0 nitrogen and oxygen atoms in total. The minimum atomic E-state index is 0.578. The fourth-order valence-electron chi connectivity index (χ4n) is 1.60. The highest BCUT2D eigenvalue weighted by Crippen LogP contribution is 2.28. The summed E-state index contributed by atoms with van der Waals surface area (Å²) in [6, 6.07) is 17.2. The maximum Gasteiger partial charge on any atom is 0.0474 e. The molecular weight excluding hydrogens is 280 g/mol. The molecule has 0 N–H and O–H groups in total. The molecular formula is C15H15ClS2. The third kappa shape index (κ3) is 3.98. The summed E-state index contributed by atoms with van der Waals surface area (Å²) in [7, 11) is 0. The molecule has 0 spiro atoms. The van der Waals surface area contributed by atoms with Crippen LogP contribution in [0.15, 0.2) is 58.3 Å². The number of benzene rings is 2. The molecule has 2 rings (SSSR count). The molecule has 0 atom stereocenters. The third-order valence-corrected chi connectivity index (χ3v) is 4.49. The molecule has 0 aromatic heterocycles. The molecule has 0 amide bonds. The Hall–Kier alpha value is -0.570. The van der Waals surface area contributed by atoms with E-state index in [9.17, 15) is 0 Å². The van der Waals surface area contributed by atoms with Crippen molar-refractivity contribution in [2.45, 2.75) is 21.4 Å². The van der Waals surface area contributed by atoms with Crippen LogP contribution in [-0.2, 0) is 11.6 Å². The van der Waals surface area contributed by atoms with Gasteiger partial charge >= 0.3 is 0 Å². The first-order valence-corrected chi connectivity index (χ1v) is 8.47. The molecule has 2 aromatic rings. The van der Waals surface area contributed by atoms with E-state index in [1.807, 2.05) is 11.8 Å². The molecule has 2 aromatic carbocycles. The minimum absolute atomic E-state index is 0.578. The smallest absolute Gasteiger partial charge is 0.0474 e. The van der Waals surface area contributed by atoms with Crippen LogP contribution in [0.3, 0.4) is 0 Å². The Kier molecular flexibility index (Phi) is 5.48. The highest BCUT2D eigenvalue weighted by atomic mass is 35.5. The van der Waals surface area contributed by atoms with Gasteiger partial charge in [-0.15, -0.1) is 11.6 Å². The largest absolute Gasteiger partial charge is 0.161 e. The number of thioether (sulfide) groups is 1. The topological polar surface area (TPSA) is 0 Å². The van der Waals surface area contributed by atoms with Crippen molar-refractivity contribution in [1.29, 1.82) is 0 Å². The monoisotopic (exact) mass is 294 g/mol. The zero-order valence-electron chi connectivity index (χ0n) is 10.2. The molecule has 0 radical (unpaired) electrons. The standard InChI is InChI=1S/C15H15ClS2/c1-17-11-13-4-8-15(9-5-13)18-14-6-2-12(10-16)3-7-14/h2-9H,10-11H2,1H3. The summed E-state index contributed by atoms with van der Waals surface area (Å²) in [5.74, 6) is 1.66. The quantitative estimate of drug-likeness (QED) is 0.674.